The van der Waals surface area contributed by atoms with Crippen molar-refractivity contribution in [3.8, 4) is 0 Å². The molecule has 1 saturated heterocycles. The molecule has 1 aliphatic heterocycles. The first-order chi connectivity index (χ1) is 17.0. The van der Waals surface area contributed by atoms with Gasteiger partial charge in [0, 0.05) is 42.8 Å². The zero-order valence-corrected chi connectivity index (χ0v) is 20.6. The number of amides is 2. The minimum Gasteiger partial charge on any atom is -0.336 e. The number of anilines is 1. The molecule has 2 aromatic heterocycles. The van der Waals surface area contributed by atoms with Gasteiger partial charge in [-0.1, -0.05) is 30.3 Å². The fraction of sp³-hybridized carbons (Fsp3) is 0.222. The van der Waals surface area contributed by atoms with Gasteiger partial charge in [0.05, 0.1) is 16.1 Å². The van der Waals surface area contributed by atoms with Crippen molar-refractivity contribution in [2.75, 3.05) is 38.5 Å². The first kappa shape index (κ1) is 23.0. The van der Waals surface area contributed by atoms with Gasteiger partial charge in [-0.05, 0) is 60.8 Å². The van der Waals surface area contributed by atoms with E-state index in [9.17, 15) is 9.59 Å². The monoisotopic (exact) mass is 485 g/mol. The molecule has 0 atom stereocenters. The number of carbonyl (C=O) groups is 2. The zero-order valence-electron chi connectivity index (χ0n) is 19.7. The summed E-state index contributed by atoms with van der Waals surface area (Å²) in [5, 5.41) is 13.4. The van der Waals surface area contributed by atoms with Gasteiger partial charge in [0.2, 0.25) is 0 Å². The van der Waals surface area contributed by atoms with Crippen LogP contribution in [-0.2, 0) is 0 Å². The number of hydrogen-bond acceptors (Lipinski definition) is 5. The van der Waals surface area contributed by atoms with Crippen molar-refractivity contribution in [3.63, 3.8) is 0 Å². The average Bonchev–Trinajstić information content (AvgIpc) is 3.49. The van der Waals surface area contributed by atoms with Gasteiger partial charge in [0.25, 0.3) is 11.8 Å². The van der Waals surface area contributed by atoms with E-state index < -0.39 is 0 Å². The lowest BCUT2D eigenvalue weighted by Gasteiger charge is -2.32. The topological polar surface area (TPSA) is 81.3 Å². The molecule has 7 nitrogen and oxygen atoms in total. The van der Waals surface area contributed by atoms with E-state index in [2.05, 4.69) is 27.5 Å². The van der Waals surface area contributed by atoms with Crippen LogP contribution in [0.1, 0.15) is 36.9 Å². The Bertz CT molecular complexity index is 1410. The zero-order chi connectivity index (χ0) is 24.4. The largest absolute Gasteiger partial charge is 0.336 e. The molecule has 35 heavy (non-hydrogen) atoms. The second-order valence-corrected chi connectivity index (χ2v) is 9.69. The number of nitrogens with one attached hydrogen (secondary N) is 2. The van der Waals surface area contributed by atoms with Gasteiger partial charge in [-0.15, -0.1) is 11.3 Å². The predicted molar refractivity (Wildman–Crippen MR) is 142 cm³/mol. The van der Waals surface area contributed by atoms with Crippen LogP contribution in [0.4, 0.5) is 5.69 Å². The van der Waals surface area contributed by atoms with Gasteiger partial charge in [0.15, 0.2) is 0 Å². The Balaban J connectivity index is 1.47. The lowest BCUT2D eigenvalue weighted by molar-refractivity contribution is 0.0664. The molecular formula is C27H27N5O2S. The highest BCUT2D eigenvalue weighted by molar-refractivity contribution is 7.12. The van der Waals surface area contributed by atoms with Crippen molar-refractivity contribution in [1.82, 2.24) is 20.0 Å². The van der Waals surface area contributed by atoms with Crippen LogP contribution in [0.15, 0.2) is 53.9 Å². The standard InChI is InChI=1S/C27H27N5O2S/c1-18-11-16-35-25(18)26(33)28-24-17-20(27(34)32-14-12-31(2)13-15-32)8-7-19(24)9-10-23-21-5-3-4-6-22(21)29-30-23/h3-11,16-17H,12-15H2,1-2H3,(H,28,33)(H,29,30). The number of thiophene rings is 1. The number of fused-ring (bicyclic) bond motifs is 1. The molecule has 0 radical (unpaired) electrons. The highest BCUT2D eigenvalue weighted by Crippen LogP contribution is 2.25. The van der Waals surface area contributed by atoms with Gasteiger partial charge in [-0.3, -0.25) is 14.7 Å². The predicted octanol–water partition coefficient (Wildman–Crippen LogP) is 4.74. The van der Waals surface area contributed by atoms with Crippen LogP contribution in [0.3, 0.4) is 0 Å². The molecule has 4 aromatic rings. The number of piperazine rings is 1. The van der Waals surface area contributed by atoms with Crippen LogP contribution in [0, 0.1) is 6.92 Å². The SMILES string of the molecule is Cc1ccsc1C(=O)Nc1cc(C(=O)N2CCN(C)CC2)ccc1C=Cc1n[nH]c2ccccc12. The molecule has 8 heteroatoms. The Kier molecular flexibility index (Phi) is 6.48. The molecule has 5 rings (SSSR count). The number of aromatic nitrogens is 2. The van der Waals surface area contributed by atoms with Crippen molar-refractivity contribution < 1.29 is 9.59 Å². The molecule has 1 aliphatic rings. The summed E-state index contributed by atoms with van der Waals surface area (Å²) in [4.78, 5) is 31.0. The Hall–Kier alpha value is -3.75. The van der Waals surface area contributed by atoms with Crippen molar-refractivity contribution in [2.24, 2.45) is 0 Å². The van der Waals surface area contributed by atoms with Crippen molar-refractivity contribution in [1.29, 1.82) is 0 Å². The van der Waals surface area contributed by atoms with E-state index in [0.717, 1.165) is 40.8 Å². The van der Waals surface area contributed by atoms with Gasteiger partial charge < -0.3 is 15.1 Å². The van der Waals surface area contributed by atoms with Crippen LogP contribution < -0.4 is 5.32 Å². The minimum atomic E-state index is -0.179. The van der Waals surface area contributed by atoms with Crippen molar-refractivity contribution in [3.05, 3.63) is 81.2 Å². The smallest absolute Gasteiger partial charge is 0.266 e. The van der Waals surface area contributed by atoms with Gasteiger partial charge in [0.1, 0.15) is 0 Å². The van der Waals surface area contributed by atoms with Crippen LogP contribution in [0.25, 0.3) is 23.1 Å². The molecular weight excluding hydrogens is 458 g/mol. The number of aromatic amines is 1. The summed E-state index contributed by atoms with van der Waals surface area (Å²) >= 11 is 1.40. The Labute approximate surface area is 208 Å². The van der Waals surface area contributed by atoms with Crippen LogP contribution in [0.5, 0.6) is 0 Å². The summed E-state index contributed by atoms with van der Waals surface area (Å²) in [6, 6.07) is 15.3. The van der Waals surface area contributed by atoms with E-state index in [0.29, 0.717) is 29.2 Å². The van der Waals surface area contributed by atoms with Gasteiger partial charge in [-0.25, -0.2) is 0 Å². The highest BCUT2D eigenvalue weighted by Gasteiger charge is 2.21. The number of hydrogen-bond donors (Lipinski definition) is 2. The van der Waals surface area contributed by atoms with E-state index in [1.807, 2.05) is 71.8 Å². The summed E-state index contributed by atoms with van der Waals surface area (Å²) in [5.41, 5.74) is 4.66. The number of rotatable bonds is 5. The van der Waals surface area contributed by atoms with Crippen LogP contribution in [0.2, 0.25) is 0 Å². The normalized spacial score (nSPS) is 14.6. The number of likely N-dealkylation sites (N-methyl/N-ethyl adjacent to an activating group) is 1. The summed E-state index contributed by atoms with van der Waals surface area (Å²) in [6.45, 7) is 5.01. The average molecular weight is 486 g/mol. The van der Waals surface area contributed by atoms with Crippen molar-refractivity contribution in [2.45, 2.75) is 6.92 Å². The molecule has 2 N–H and O–H groups in total. The van der Waals surface area contributed by atoms with E-state index in [1.165, 1.54) is 11.3 Å². The lowest BCUT2D eigenvalue weighted by atomic mass is 10.1. The summed E-state index contributed by atoms with van der Waals surface area (Å²) in [6.07, 6.45) is 3.84. The fourth-order valence-electron chi connectivity index (χ4n) is 4.20. The molecule has 3 heterocycles. The first-order valence-electron chi connectivity index (χ1n) is 11.6. The molecule has 0 unspecified atom stereocenters. The maximum absolute atomic E-state index is 13.2. The molecule has 178 valence electrons. The summed E-state index contributed by atoms with van der Waals surface area (Å²) in [7, 11) is 2.06. The second-order valence-electron chi connectivity index (χ2n) is 8.77. The number of benzene rings is 2. The number of aryl methyl sites for hydroxylation is 1. The third-order valence-corrected chi connectivity index (χ3v) is 7.34. The number of nitrogens with zero attached hydrogens (tertiary/aromatic N) is 3. The summed E-state index contributed by atoms with van der Waals surface area (Å²) < 4.78 is 0. The van der Waals surface area contributed by atoms with E-state index in [4.69, 9.17) is 0 Å². The third-order valence-electron chi connectivity index (χ3n) is 6.33. The fourth-order valence-corrected chi connectivity index (χ4v) is 5.02. The van der Waals surface area contributed by atoms with Crippen LogP contribution in [-0.4, -0.2) is 65.0 Å². The second kappa shape index (κ2) is 9.85. The molecule has 0 spiro atoms. The maximum Gasteiger partial charge on any atom is 0.266 e. The molecule has 2 amide bonds. The van der Waals surface area contributed by atoms with Gasteiger partial charge in [-0.2, -0.15) is 5.10 Å². The van der Waals surface area contributed by atoms with Gasteiger partial charge >= 0.3 is 0 Å². The molecule has 1 fully saturated rings. The lowest BCUT2D eigenvalue weighted by Crippen LogP contribution is -2.47. The molecule has 0 aliphatic carbocycles. The van der Waals surface area contributed by atoms with Crippen molar-refractivity contribution >= 4 is 51.9 Å². The highest BCUT2D eigenvalue weighted by atomic mass is 32.1. The maximum atomic E-state index is 13.2. The number of carbonyl (C=O) groups excluding carboxylic acids is 2. The quantitative estimate of drug-likeness (QED) is 0.428. The third kappa shape index (κ3) is 4.89. The Morgan fingerprint density at radius 1 is 1.06 bits per heavy atom. The number of H-pyrrole nitrogens is 1. The minimum absolute atomic E-state index is 0.0188. The van der Waals surface area contributed by atoms with Crippen LogP contribution >= 0.6 is 11.3 Å². The molecule has 2 aromatic carbocycles. The number of para-hydroxylation sites is 1. The van der Waals surface area contributed by atoms with E-state index in [1.54, 1.807) is 6.07 Å². The molecule has 0 saturated carbocycles. The van der Waals surface area contributed by atoms with E-state index in [-0.39, 0.29) is 11.8 Å². The Morgan fingerprint density at radius 2 is 1.86 bits per heavy atom. The summed E-state index contributed by atoms with van der Waals surface area (Å²) in [5.74, 6) is -0.198. The Morgan fingerprint density at radius 3 is 2.63 bits per heavy atom. The van der Waals surface area contributed by atoms with E-state index >= 15 is 0 Å². The first-order valence-corrected chi connectivity index (χ1v) is 12.5. The molecule has 0 bridgehead atoms.